The molecule has 0 spiro atoms. The summed E-state index contributed by atoms with van der Waals surface area (Å²) in [4.78, 5) is 27.0. The van der Waals surface area contributed by atoms with Crippen LogP contribution in [0.3, 0.4) is 0 Å². The van der Waals surface area contributed by atoms with Crippen LogP contribution in [0.1, 0.15) is 31.4 Å². The first-order chi connectivity index (χ1) is 15.4. The van der Waals surface area contributed by atoms with Crippen molar-refractivity contribution in [1.29, 1.82) is 0 Å². The van der Waals surface area contributed by atoms with Crippen molar-refractivity contribution in [3.05, 3.63) is 51.4 Å². The lowest BCUT2D eigenvalue weighted by atomic mass is 10.1. The van der Waals surface area contributed by atoms with Gasteiger partial charge in [-0.1, -0.05) is 24.6 Å². The highest BCUT2D eigenvalue weighted by atomic mass is 35.5. The van der Waals surface area contributed by atoms with E-state index < -0.39 is 0 Å². The number of nitrogens with zero attached hydrogens (tertiary/aromatic N) is 1. The van der Waals surface area contributed by atoms with Gasteiger partial charge in [0.15, 0.2) is 23.0 Å². The largest absolute Gasteiger partial charge is 0.493 e. The molecule has 7 nitrogen and oxygen atoms in total. The van der Waals surface area contributed by atoms with Crippen LogP contribution < -0.4 is 18.9 Å². The topological polar surface area (TPSA) is 74.3 Å². The van der Waals surface area contributed by atoms with E-state index in [-0.39, 0.29) is 30.6 Å². The lowest BCUT2D eigenvalue weighted by molar-refractivity contribution is -0.123. The SMILES string of the molecule is CCC(C)Oc1ccc(/C=C2\SC(=O)N(Cc3cc4c(cc3Cl)OCO4)C2=O)cc1OC. The number of halogens is 1. The molecule has 4 rings (SSSR count). The summed E-state index contributed by atoms with van der Waals surface area (Å²) in [5.41, 5.74) is 1.33. The Hall–Kier alpha value is -2.84. The number of methoxy groups -OCH3 is 1. The molecule has 0 saturated carbocycles. The monoisotopic (exact) mass is 475 g/mol. The smallest absolute Gasteiger partial charge is 0.293 e. The van der Waals surface area contributed by atoms with Crippen molar-refractivity contribution in [2.45, 2.75) is 32.9 Å². The van der Waals surface area contributed by atoms with Gasteiger partial charge >= 0.3 is 0 Å². The Kier molecular flexibility index (Phi) is 6.53. The lowest BCUT2D eigenvalue weighted by Gasteiger charge is -2.16. The van der Waals surface area contributed by atoms with Crippen molar-refractivity contribution in [2.24, 2.45) is 0 Å². The summed E-state index contributed by atoms with van der Waals surface area (Å²) in [7, 11) is 1.56. The molecule has 0 bridgehead atoms. The Morgan fingerprint density at radius 3 is 2.66 bits per heavy atom. The molecule has 1 saturated heterocycles. The number of carbonyl (C=O) groups excluding carboxylic acids is 2. The lowest BCUT2D eigenvalue weighted by Crippen LogP contribution is -2.27. The molecular weight excluding hydrogens is 454 g/mol. The van der Waals surface area contributed by atoms with Gasteiger partial charge in [-0.2, -0.15) is 0 Å². The van der Waals surface area contributed by atoms with Crippen molar-refractivity contribution < 1.29 is 28.5 Å². The van der Waals surface area contributed by atoms with Crippen LogP contribution >= 0.6 is 23.4 Å². The minimum Gasteiger partial charge on any atom is -0.493 e. The zero-order valence-corrected chi connectivity index (χ0v) is 19.4. The van der Waals surface area contributed by atoms with Crippen LogP contribution in [0.4, 0.5) is 4.79 Å². The van der Waals surface area contributed by atoms with E-state index in [1.165, 1.54) is 0 Å². The van der Waals surface area contributed by atoms with Gasteiger partial charge in [0, 0.05) is 11.1 Å². The highest BCUT2D eigenvalue weighted by Gasteiger charge is 2.35. The Morgan fingerprint density at radius 2 is 1.94 bits per heavy atom. The maximum atomic E-state index is 12.9. The zero-order chi connectivity index (χ0) is 22.8. The third-order valence-corrected chi connectivity index (χ3v) is 6.39. The molecule has 2 heterocycles. The third-order valence-electron chi connectivity index (χ3n) is 5.13. The van der Waals surface area contributed by atoms with Crippen LogP contribution in [0.2, 0.25) is 5.02 Å². The Labute approximate surface area is 195 Å². The van der Waals surface area contributed by atoms with Crippen molar-refractivity contribution in [2.75, 3.05) is 13.9 Å². The number of hydrogen-bond acceptors (Lipinski definition) is 7. The first-order valence-corrected chi connectivity index (χ1v) is 11.3. The molecule has 1 fully saturated rings. The fourth-order valence-electron chi connectivity index (χ4n) is 3.21. The number of benzene rings is 2. The second-order valence-electron chi connectivity index (χ2n) is 7.31. The van der Waals surface area contributed by atoms with E-state index >= 15 is 0 Å². The predicted molar refractivity (Wildman–Crippen MR) is 122 cm³/mol. The van der Waals surface area contributed by atoms with E-state index in [2.05, 4.69) is 0 Å². The molecule has 168 valence electrons. The highest BCUT2D eigenvalue weighted by Crippen LogP contribution is 2.40. The van der Waals surface area contributed by atoms with Crippen LogP contribution in [0.5, 0.6) is 23.0 Å². The summed E-state index contributed by atoms with van der Waals surface area (Å²) in [5.74, 6) is 1.89. The van der Waals surface area contributed by atoms with Gasteiger partial charge in [0.1, 0.15) is 0 Å². The molecule has 0 radical (unpaired) electrons. The fourth-order valence-corrected chi connectivity index (χ4v) is 4.26. The maximum absolute atomic E-state index is 12.9. The molecule has 2 aromatic carbocycles. The van der Waals surface area contributed by atoms with E-state index in [1.54, 1.807) is 37.5 Å². The number of carbonyl (C=O) groups is 2. The Morgan fingerprint density at radius 1 is 1.19 bits per heavy atom. The summed E-state index contributed by atoms with van der Waals surface area (Å²) < 4.78 is 22.0. The van der Waals surface area contributed by atoms with E-state index in [0.29, 0.717) is 38.5 Å². The second kappa shape index (κ2) is 9.34. The molecule has 0 aromatic heterocycles. The molecule has 0 aliphatic carbocycles. The van der Waals surface area contributed by atoms with Crippen molar-refractivity contribution in [1.82, 2.24) is 4.90 Å². The van der Waals surface area contributed by atoms with Gasteiger partial charge in [0.2, 0.25) is 6.79 Å². The highest BCUT2D eigenvalue weighted by molar-refractivity contribution is 8.18. The molecule has 2 aliphatic rings. The van der Waals surface area contributed by atoms with Gasteiger partial charge in [-0.05, 0) is 60.5 Å². The van der Waals surface area contributed by atoms with Crippen LogP contribution in [0.25, 0.3) is 6.08 Å². The van der Waals surface area contributed by atoms with Crippen molar-refractivity contribution in [3.8, 4) is 23.0 Å². The second-order valence-corrected chi connectivity index (χ2v) is 8.71. The van der Waals surface area contributed by atoms with Crippen molar-refractivity contribution >= 4 is 40.6 Å². The standard InChI is InChI=1S/C23H22ClNO6S/c1-4-13(2)31-17-6-5-14(7-18(17)28-3)8-21-22(26)25(23(27)32-21)11-15-9-19-20(10-16(15)24)30-12-29-19/h5-10,13H,4,11-12H2,1-3H3/b21-8-. The molecule has 2 aliphatic heterocycles. The molecule has 32 heavy (non-hydrogen) atoms. The summed E-state index contributed by atoms with van der Waals surface area (Å²) in [5, 5.41) is 0.0394. The van der Waals surface area contributed by atoms with Gasteiger partial charge in [0.05, 0.1) is 24.7 Å². The molecule has 1 unspecified atom stereocenters. The number of imide groups is 1. The molecule has 0 N–H and O–H groups in total. The maximum Gasteiger partial charge on any atom is 0.293 e. The third kappa shape index (κ3) is 4.52. The quantitative estimate of drug-likeness (QED) is 0.490. The predicted octanol–water partition coefficient (Wildman–Crippen LogP) is 5.49. The number of ether oxygens (including phenoxy) is 4. The van der Waals surface area contributed by atoms with Gasteiger partial charge < -0.3 is 18.9 Å². The van der Waals surface area contributed by atoms with E-state index in [0.717, 1.165) is 28.6 Å². The van der Waals surface area contributed by atoms with E-state index in [1.807, 2.05) is 19.9 Å². The average molecular weight is 476 g/mol. The minimum atomic E-state index is -0.382. The number of thioether (sulfide) groups is 1. The van der Waals surface area contributed by atoms with Gasteiger partial charge in [-0.25, -0.2) is 0 Å². The Balaban J connectivity index is 1.54. The zero-order valence-electron chi connectivity index (χ0n) is 17.8. The number of rotatable bonds is 7. The van der Waals surface area contributed by atoms with Crippen LogP contribution in [-0.2, 0) is 11.3 Å². The minimum absolute atomic E-state index is 0.0441. The number of hydrogen-bond donors (Lipinski definition) is 0. The molecule has 9 heteroatoms. The number of amides is 2. The molecule has 2 amide bonds. The summed E-state index contributed by atoms with van der Waals surface area (Å²) in [6, 6.07) is 8.72. The molecule has 2 aromatic rings. The van der Waals surface area contributed by atoms with Crippen molar-refractivity contribution in [3.63, 3.8) is 0 Å². The van der Waals surface area contributed by atoms with Gasteiger partial charge in [0.25, 0.3) is 11.1 Å². The van der Waals surface area contributed by atoms with Crippen LogP contribution in [0.15, 0.2) is 35.2 Å². The molecular formula is C23H22ClNO6S. The summed E-state index contributed by atoms with van der Waals surface area (Å²) >= 11 is 7.20. The molecule has 1 atom stereocenters. The fraction of sp³-hybridized carbons (Fsp3) is 0.304. The van der Waals surface area contributed by atoms with Gasteiger partial charge in [-0.15, -0.1) is 0 Å². The first kappa shape index (κ1) is 22.4. The average Bonchev–Trinajstić information content (AvgIpc) is 3.33. The summed E-state index contributed by atoms with van der Waals surface area (Å²) in [6.45, 7) is 4.18. The Bertz CT molecular complexity index is 1100. The summed E-state index contributed by atoms with van der Waals surface area (Å²) in [6.07, 6.45) is 2.59. The van der Waals surface area contributed by atoms with Gasteiger partial charge in [-0.3, -0.25) is 14.5 Å². The van der Waals surface area contributed by atoms with Crippen LogP contribution in [-0.4, -0.2) is 36.1 Å². The van der Waals surface area contributed by atoms with Crippen LogP contribution in [0, 0.1) is 0 Å². The first-order valence-electron chi connectivity index (χ1n) is 10.1. The van der Waals surface area contributed by atoms with E-state index in [4.69, 9.17) is 30.5 Å². The van der Waals surface area contributed by atoms with E-state index in [9.17, 15) is 9.59 Å². The number of fused-ring (bicyclic) bond motifs is 1. The normalized spacial score (nSPS) is 17.2.